The number of hydrogen-bond donors (Lipinski definition) is 1. The van der Waals surface area contributed by atoms with Crippen LogP contribution in [-0.2, 0) is 4.74 Å². The van der Waals surface area contributed by atoms with Gasteiger partial charge in [0.05, 0.1) is 6.10 Å². The number of guanidine groups is 1. The molecule has 5 aliphatic rings. The molecule has 4 unspecified atom stereocenters. The van der Waals surface area contributed by atoms with Crippen molar-refractivity contribution in [1.82, 2.24) is 15.1 Å². The van der Waals surface area contributed by atoms with Gasteiger partial charge in [0.15, 0.2) is 5.96 Å². The number of rotatable bonds is 3. The summed E-state index contributed by atoms with van der Waals surface area (Å²) < 4.78 is 6.17. The Morgan fingerprint density at radius 3 is 2.69 bits per heavy atom. The second-order valence-electron chi connectivity index (χ2n) is 9.24. The fourth-order valence-electron chi connectivity index (χ4n) is 6.77. The SMILES string of the molecule is CCN=C(NC1C2CCOC2C12CCCC2)N1CCC(N2CCCC2)C1. The molecule has 5 nitrogen and oxygen atoms in total. The Kier molecular flexibility index (Phi) is 4.64. The van der Waals surface area contributed by atoms with Crippen LogP contribution in [0.15, 0.2) is 4.99 Å². The number of likely N-dealkylation sites (tertiary alicyclic amines) is 2. The summed E-state index contributed by atoms with van der Waals surface area (Å²) in [4.78, 5) is 10.2. The van der Waals surface area contributed by atoms with Gasteiger partial charge in [-0.15, -0.1) is 0 Å². The van der Waals surface area contributed by atoms with E-state index >= 15 is 0 Å². The van der Waals surface area contributed by atoms with E-state index in [4.69, 9.17) is 9.73 Å². The Hall–Kier alpha value is -0.810. The third-order valence-electron chi connectivity index (χ3n) is 8.00. The first kappa shape index (κ1) is 17.3. The second-order valence-corrected chi connectivity index (χ2v) is 9.24. The van der Waals surface area contributed by atoms with E-state index in [2.05, 4.69) is 22.0 Å². The highest BCUT2D eigenvalue weighted by Crippen LogP contribution is 2.60. The summed E-state index contributed by atoms with van der Waals surface area (Å²) in [5, 5.41) is 3.99. The average Bonchev–Trinajstić information content (AvgIpc) is 3.44. The van der Waals surface area contributed by atoms with E-state index in [-0.39, 0.29) is 0 Å². The third-order valence-corrected chi connectivity index (χ3v) is 8.00. The van der Waals surface area contributed by atoms with E-state index in [0.29, 0.717) is 23.5 Å². The van der Waals surface area contributed by atoms with Gasteiger partial charge in [-0.1, -0.05) is 12.8 Å². The van der Waals surface area contributed by atoms with E-state index in [9.17, 15) is 0 Å². The first-order valence-electron chi connectivity index (χ1n) is 11.2. The van der Waals surface area contributed by atoms with Gasteiger partial charge in [-0.05, 0) is 58.5 Å². The molecule has 1 N–H and O–H groups in total. The summed E-state index contributed by atoms with van der Waals surface area (Å²) in [5.74, 6) is 1.91. The van der Waals surface area contributed by atoms with Crippen molar-refractivity contribution in [1.29, 1.82) is 0 Å². The van der Waals surface area contributed by atoms with Gasteiger partial charge in [-0.3, -0.25) is 9.89 Å². The highest BCUT2D eigenvalue weighted by Gasteiger charge is 2.65. The number of hydrogen-bond acceptors (Lipinski definition) is 3. The van der Waals surface area contributed by atoms with Crippen molar-refractivity contribution in [2.45, 2.75) is 76.5 Å². The Morgan fingerprint density at radius 1 is 1.12 bits per heavy atom. The van der Waals surface area contributed by atoms with Crippen molar-refractivity contribution in [3.05, 3.63) is 0 Å². The van der Waals surface area contributed by atoms with Gasteiger partial charge >= 0.3 is 0 Å². The normalized spacial score (nSPS) is 39.6. The lowest BCUT2D eigenvalue weighted by Crippen LogP contribution is -2.69. The van der Waals surface area contributed by atoms with Gasteiger partial charge in [0.2, 0.25) is 0 Å². The Bertz CT molecular complexity index is 538. The smallest absolute Gasteiger partial charge is 0.194 e. The van der Waals surface area contributed by atoms with Crippen LogP contribution in [0.4, 0.5) is 0 Å². The van der Waals surface area contributed by atoms with E-state index in [1.165, 1.54) is 70.4 Å². The highest BCUT2D eigenvalue weighted by atomic mass is 16.5. The minimum atomic E-state index is 0.407. The van der Waals surface area contributed by atoms with Crippen molar-refractivity contribution >= 4 is 5.96 Å². The predicted octanol–water partition coefficient (Wildman–Crippen LogP) is 2.47. The zero-order valence-electron chi connectivity index (χ0n) is 16.5. The molecule has 0 aromatic heterocycles. The molecule has 4 atom stereocenters. The molecule has 5 fully saturated rings. The summed E-state index contributed by atoms with van der Waals surface area (Å²) in [5.41, 5.74) is 0.407. The molecule has 3 aliphatic heterocycles. The zero-order chi connectivity index (χ0) is 17.6. The number of aliphatic imine (C=N–C) groups is 1. The van der Waals surface area contributed by atoms with Gasteiger partial charge in [-0.25, -0.2) is 0 Å². The predicted molar refractivity (Wildman–Crippen MR) is 104 cm³/mol. The molecule has 146 valence electrons. The topological polar surface area (TPSA) is 40.1 Å². The number of fused-ring (bicyclic) bond motifs is 2. The fourth-order valence-corrected chi connectivity index (χ4v) is 6.77. The van der Waals surface area contributed by atoms with Gasteiger partial charge in [-0.2, -0.15) is 0 Å². The molecule has 3 saturated heterocycles. The van der Waals surface area contributed by atoms with Crippen LogP contribution in [0.2, 0.25) is 0 Å². The lowest BCUT2D eigenvalue weighted by Gasteiger charge is -2.57. The number of ether oxygens (including phenoxy) is 1. The van der Waals surface area contributed by atoms with Crippen molar-refractivity contribution in [2.75, 3.05) is 39.3 Å². The van der Waals surface area contributed by atoms with Gasteiger partial charge < -0.3 is 15.0 Å². The van der Waals surface area contributed by atoms with Crippen LogP contribution in [0.3, 0.4) is 0 Å². The molecule has 0 bridgehead atoms. The maximum atomic E-state index is 6.17. The van der Waals surface area contributed by atoms with E-state index in [1.54, 1.807) is 0 Å². The van der Waals surface area contributed by atoms with Crippen molar-refractivity contribution in [3.8, 4) is 0 Å². The molecule has 2 saturated carbocycles. The van der Waals surface area contributed by atoms with Crippen LogP contribution in [0.25, 0.3) is 0 Å². The van der Waals surface area contributed by atoms with E-state index in [1.807, 2.05) is 0 Å². The van der Waals surface area contributed by atoms with Gasteiger partial charge in [0.1, 0.15) is 0 Å². The molecule has 3 heterocycles. The van der Waals surface area contributed by atoms with Crippen molar-refractivity contribution in [3.63, 3.8) is 0 Å². The molecule has 0 amide bonds. The molecular formula is C21H36N4O. The molecule has 0 aromatic rings. The molecule has 26 heavy (non-hydrogen) atoms. The molecule has 5 rings (SSSR count). The molecule has 0 radical (unpaired) electrons. The second kappa shape index (κ2) is 6.97. The van der Waals surface area contributed by atoms with E-state index in [0.717, 1.165) is 32.3 Å². The van der Waals surface area contributed by atoms with Crippen LogP contribution in [-0.4, -0.2) is 73.3 Å². The number of nitrogens with zero attached hydrogens (tertiary/aromatic N) is 3. The van der Waals surface area contributed by atoms with Crippen molar-refractivity contribution < 1.29 is 4.74 Å². The standard InChI is InChI=1S/C21H36N4O/c1-2-22-20(25-13-7-16(15-25)24-11-5-6-12-24)23-18-17-8-14-26-19(17)21(18)9-3-4-10-21/h16-19H,2-15H2,1H3,(H,22,23). The monoisotopic (exact) mass is 360 g/mol. The van der Waals surface area contributed by atoms with Crippen LogP contribution in [0, 0.1) is 11.3 Å². The van der Waals surface area contributed by atoms with Gasteiger partial charge in [0.25, 0.3) is 0 Å². The first-order valence-corrected chi connectivity index (χ1v) is 11.2. The molecule has 0 aromatic carbocycles. The Morgan fingerprint density at radius 2 is 1.92 bits per heavy atom. The van der Waals surface area contributed by atoms with Crippen LogP contribution < -0.4 is 5.32 Å². The highest BCUT2D eigenvalue weighted by molar-refractivity contribution is 5.81. The van der Waals surface area contributed by atoms with Crippen LogP contribution in [0.1, 0.15) is 58.3 Å². The molecule has 1 spiro atoms. The van der Waals surface area contributed by atoms with Crippen molar-refractivity contribution in [2.24, 2.45) is 16.3 Å². The lowest BCUT2D eigenvalue weighted by molar-refractivity contribution is -0.125. The minimum absolute atomic E-state index is 0.407. The summed E-state index contributed by atoms with van der Waals surface area (Å²) in [6.07, 6.45) is 11.3. The van der Waals surface area contributed by atoms with Crippen LogP contribution >= 0.6 is 0 Å². The van der Waals surface area contributed by atoms with Crippen LogP contribution in [0.5, 0.6) is 0 Å². The third kappa shape index (κ3) is 2.69. The number of nitrogens with one attached hydrogen (secondary N) is 1. The Labute approximate surface area is 158 Å². The lowest BCUT2D eigenvalue weighted by atomic mass is 9.54. The quantitative estimate of drug-likeness (QED) is 0.620. The maximum absolute atomic E-state index is 6.17. The van der Waals surface area contributed by atoms with E-state index < -0.39 is 0 Å². The molecule has 5 heteroatoms. The Balaban J connectivity index is 1.28. The molecule has 2 aliphatic carbocycles. The zero-order valence-corrected chi connectivity index (χ0v) is 16.5. The summed E-state index contributed by atoms with van der Waals surface area (Å²) in [6, 6.07) is 1.33. The van der Waals surface area contributed by atoms with Gasteiger partial charge in [0, 0.05) is 49.7 Å². The molecular weight excluding hydrogens is 324 g/mol. The largest absolute Gasteiger partial charge is 0.377 e. The summed E-state index contributed by atoms with van der Waals surface area (Å²) >= 11 is 0. The first-order chi connectivity index (χ1) is 12.8. The average molecular weight is 361 g/mol. The maximum Gasteiger partial charge on any atom is 0.194 e. The minimum Gasteiger partial charge on any atom is -0.377 e. The summed E-state index contributed by atoms with van der Waals surface area (Å²) in [6.45, 7) is 8.95. The summed E-state index contributed by atoms with van der Waals surface area (Å²) in [7, 11) is 0. The fraction of sp³-hybridized carbons (Fsp3) is 0.952.